The molecule has 0 aromatic heterocycles. The lowest BCUT2D eigenvalue weighted by Crippen LogP contribution is -2.30. The van der Waals surface area contributed by atoms with Crippen molar-refractivity contribution in [1.29, 1.82) is 0 Å². The number of carbonyl (C=O) groups excluding carboxylic acids is 1. The summed E-state index contributed by atoms with van der Waals surface area (Å²) in [5.41, 5.74) is 0.668. The van der Waals surface area contributed by atoms with Gasteiger partial charge in [0.25, 0.3) is 5.91 Å². The van der Waals surface area contributed by atoms with Gasteiger partial charge in [-0.3, -0.25) is 4.79 Å². The van der Waals surface area contributed by atoms with Gasteiger partial charge in [0, 0.05) is 16.9 Å². The van der Waals surface area contributed by atoms with E-state index in [1.807, 2.05) is 0 Å². The molecule has 17 heavy (non-hydrogen) atoms. The predicted molar refractivity (Wildman–Crippen MR) is 70.8 cm³/mol. The summed E-state index contributed by atoms with van der Waals surface area (Å²) in [6.07, 6.45) is 2.54. The SMILES string of the molecule is COc1ccc(C(=O)NCC(Br)C2CC2)cc1. The van der Waals surface area contributed by atoms with E-state index in [0.717, 1.165) is 11.7 Å². The maximum absolute atomic E-state index is 11.8. The van der Waals surface area contributed by atoms with Crippen LogP contribution in [0.2, 0.25) is 0 Å². The van der Waals surface area contributed by atoms with Crippen molar-refractivity contribution in [3.8, 4) is 5.75 Å². The third-order valence-electron chi connectivity index (χ3n) is 2.94. The van der Waals surface area contributed by atoms with Gasteiger partial charge in [0.2, 0.25) is 0 Å². The van der Waals surface area contributed by atoms with Crippen molar-refractivity contribution in [2.24, 2.45) is 5.92 Å². The van der Waals surface area contributed by atoms with Crippen LogP contribution in [0.25, 0.3) is 0 Å². The van der Waals surface area contributed by atoms with E-state index in [2.05, 4.69) is 21.2 Å². The van der Waals surface area contributed by atoms with Gasteiger partial charge in [-0.2, -0.15) is 0 Å². The molecule has 0 aliphatic heterocycles. The lowest BCUT2D eigenvalue weighted by Gasteiger charge is -2.10. The molecule has 2 rings (SSSR count). The number of halogens is 1. The summed E-state index contributed by atoms with van der Waals surface area (Å²) in [5.74, 6) is 1.47. The first-order valence-electron chi connectivity index (χ1n) is 5.77. The highest BCUT2D eigenvalue weighted by molar-refractivity contribution is 9.09. The third kappa shape index (κ3) is 3.46. The second kappa shape index (κ2) is 5.54. The van der Waals surface area contributed by atoms with Crippen LogP contribution < -0.4 is 10.1 Å². The minimum absolute atomic E-state index is 0.0299. The minimum atomic E-state index is -0.0299. The number of alkyl halides is 1. The zero-order chi connectivity index (χ0) is 12.3. The monoisotopic (exact) mass is 297 g/mol. The second-order valence-corrected chi connectivity index (χ2v) is 5.47. The van der Waals surface area contributed by atoms with Crippen molar-refractivity contribution < 1.29 is 9.53 Å². The van der Waals surface area contributed by atoms with Gasteiger partial charge in [-0.25, -0.2) is 0 Å². The third-order valence-corrected chi connectivity index (χ3v) is 4.01. The summed E-state index contributed by atoms with van der Waals surface area (Å²) in [6, 6.07) is 7.13. The van der Waals surface area contributed by atoms with Crippen molar-refractivity contribution in [3.05, 3.63) is 29.8 Å². The van der Waals surface area contributed by atoms with Gasteiger partial charge in [0.1, 0.15) is 5.75 Å². The van der Waals surface area contributed by atoms with Crippen molar-refractivity contribution in [2.45, 2.75) is 17.7 Å². The van der Waals surface area contributed by atoms with Crippen molar-refractivity contribution >= 4 is 21.8 Å². The highest BCUT2D eigenvalue weighted by atomic mass is 79.9. The summed E-state index contributed by atoms with van der Waals surface area (Å²) in [6.45, 7) is 0.690. The summed E-state index contributed by atoms with van der Waals surface area (Å²) < 4.78 is 5.05. The Balaban J connectivity index is 1.85. The number of hydrogen-bond donors (Lipinski definition) is 1. The number of rotatable bonds is 5. The lowest BCUT2D eigenvalue weighted by molar-refractivity contribution is 0.0953. The van der Waals surface area contributed by atoms with Crippen LogP contribution >= 0.6 is 15.9 Å². The van der Waals surface area contributed by atoms with E-state index in [1.165, 1.54) is 12.8 Å². The van der Waals surface area contributed by atoms with Crippen LogP contribution in [-0.4, -0.2) is 24.4 Å². The first kappa shape index (κ1) is 12.4. The van der Waals surface area contributed by atoms with E-state index in [1.54, 1.807) is 31.4 Å². The quantitative estimate of drug-likeness (QED) is 0.849. The van der Waals surface area contributed by atoms with Gasteiger partial charge >= 0.3 is 0 Å². The Labute approximate surface area is 110 Å². The average molecular weight is 298 g/mol. The first-order valence-corrected chi connectivity index (χ1v) is 6.68. The van der Waals surface area contributed by atoms with Gasteiger partial charge in [0.05, 0.1) is 7.11 Å². The molecule has 1 unspecified atom stereocenters. The zero-order valence-electron chi connectivity index (χ0n) is 9.78. The van der Waals surface area contributed by atoms with Crippen molar-refractivity contribution in [1.82, 2.24) is 5.32 Å². The Hall–Kier alpha value is -1.03. The number of ether oxygens (including phenoxy) is 1. The van der Waals surface area contributed by atoms with Crippen molar-refractivity contribution in [3.63, 3.8) is 0 Å². The Morgan fingerprint density at radius 3 is 2.65 bits per heavy atom. The summed E-state index contributed by atoms with van der Waals surface area (Å²) >= 11 is 3.59. The average Bonchev–Trinajstić information content (AvgIpc) is 3.20. The molecule has 0 radical (unpaired) electrons. The van der Waals surface area contributed by atoms with E-state index >= 15 is 0 Å². The Morgan fingerprint density at radius 2 is 2.12 bits per heavy atom. The van der Waals surface area contributed by atoms with Crippen molar-refractivity contribution in [2.75, 3.05) is 13.7 Å². The molecule has 4 heteroatoms. The van der Waals surface area contributed by atoms with Gasteiger partial charge < -0.3 is 10.1 Å². The number of methoxy groups -OCH3 is 1. The van der Waals surface area contributed by atoms with Crippen LogP contribution in [0.4, 0.5) is 0 Å². The van der Waals surface area contributed by atoms with E-state index in [-0.39, 0.29) is 5.91 Å². The van der Waals surface area contributed by atoms with Gasteiger partial charge in [-0.05, 0) is 43.0 Å². The zero-order valence-corrected chi connectivity index (χ0v) is 11.4. The number of nitrogens with one attached hydrogen (secondary N) is 1. The molecule has 1 fully saturated rings. The molecule has 1 saturated carbocycles. The Morgan fingerprint density at radius 1 is 1.47 bits per heavy atom. The van der Waals surface area contributed by atoms with Crippen LogP contribution in [0.15, 0.2) is 24.3 Å². The van der Waals surface area contributed by atoms with Crippen LogP contribution in [0.3, 0.4) is 0 Å². The smallest absolute Gasteiger partial charge is 0.251 e. The molecule has 0 heterocycles. The first-order chi connectivity index (χ1) is 8.20. The molecule has 1 amide bonds. The molecule has 1 atom stereocenters. The fourth-order valence-corrected chi connectivity index (χ4v) is 2.35. The van der Waals surface area contributed by atoms with Crippen LogP contribution in [-0.2, 0) is 0 Å². The molecule has 92 valence electrons. The number of amides is 1. The minimum Gasteiger partial charge on any atom is -0.497 e. The van der Waals surface area contributed by atoms with E-state index < -0.39 is 0 Å². The highest BCUT2D eigenvalue weighted by Gasteiger charge is 2.29. The predicted octanol–water partition coefficient (Wildman–Crippen LogP) is 2.60. The fraction of sp³-hybridized carbons (Fsp3) is 0.462. The molecule has 0 saturated heterocycles. The molecule has 1 N–H and O–H groups in total. The number of carbonyl (C=O) groups is 1. The summed E-state index contributed by atoms with van der Waals surface area (Å²) in [7, 11) is 1.61. The molecular formula is C13H16BrNO2. The summed E-state index contributed by atoms with van der Waals surface area (Å²) in [4.78, 5) is 12.2. The topological polar surface area (TPSA) is 38.3 Å². The normalized spacial score (nSPS) is 16.4. The fourth-order valence-electron chi connectivity index (χ4n) is 1.66. The maximum Gasteiger partial charge on any atom is 0.251 e. The standard InChI is InChI=1S/C13H16BrNO2/c1-17-11-6-4-10(5-7-11)13(16)15-8-12(14)9-2-3-9/h4-7,9,12H,2-3,8H2,1H3,(H,15,16). The highest BCUT2D eigenvalue weighted by Crippen LogP contribution is 2.36. The maximum atomic E-state index is 11.8. The lowest BCUT2D eigenvalue weighted by atomic mass is 10.2. The Bertz CT molecular complexity index is 387. The number of hydrogen-bond acceptors (Lipinski definition) is 2. The number of benzene rings is 1. The summed E-state index contributed by atoms with van der Waals surface area (Å²) in [5, 5.41) is 2.93. The van der Waals surface area contributed by atoms with Crippen LogP contribution in [0.1, 0.15) is 23.2 Å². The van der Waals surface area contributed by atoms with Crippen LogP contribution in [0, 0.1) is 5.92 Å². The molecule has 1 aliphatic rings. The largest absolute Gasteiger partial charge is 0.497 e. The van der Waals surface area contributed by atoms with Gasteiger partial charge in [-0.1, -0.05) is 15.9 Å². The van der Waals surface area contributed by atoms with E-state index in [4.69, 9.17) is 4.74 Å². The van der Waals surface area contributed by atoms with E-state index in [0.29, 0.717) is 16.9 Å². The molecular weight excluding hydrogens is 282 g/mol. The molecule has 1 aromatic rings. The van der Waals surface area contributed by atoms with E-state index in [9.17, 15) is 4.79 Å². The van der Waals surface area contributed by atoms with Crippen LogP contribution in [0.5, 0.6) is 5.75 Å². The second-order valence-electron chi connectivity index (χ2n) is 4.29. The molecule has 1 aromatic carbocycles. The molecule has 1 aliphatic carbocycles. The molecule has 0 spiro atoms. The Kier molecular flexibility index (Phi) is 4.05. The van der Waals surface area contributed by atoms with Gasteiger partial charge in [-0.15, -0.1) is 0 Å². The molecule has 3 nitrogen and oxygen atoms in total. The molecule has 0 bridgehead atoms. The van der Waals surface area contributed by atoms with Gasteiger partial charge in [0.15, 0.2) is 0 Å².